The predicted octanol–water partition coefficient (Wildman–Crippen LogP) is 1.05. The molecular formula is C17H21N5O3S. The third-order valence-corrected chi connectivity index (χ3v) is 6.87. The lowest BCUT2D eigenvalue weighted by atomic mass is 10.2. The van der Waals surface area contributed by atoms with E-state index in [-0.39, 0.29) is 16.8 Å². The Balaban J connectivity index is 1.54. The van der Waals surface area contributed by atoms with E-state index in [9.17, 15) is 13.2 Å². The first-order chi connectivity index (χ1) is 12.3. The Morgan fingerprint density at radius 2 is 1.96 bits per heavy atom. The van der Waals surface area contributed by atoms with E-state index in [0.717, 1.165) is 17.1 Å². The van der Waals surface area contributed by atoms with Crippen molar-refractivity contribution in [1.82, 2.24) is 19.1 Å². The molecule has 8 nitrogen and oxygen atoms in total. The van der Waals surface area contributed by atoms with E-state index in [4.69, 9.17) is 0 Å². The molecule has 0 radical (unpaired) electrons. The van der Waals surface area contributed by atoms with Gasteiger partial charge >= 0.3 is 0 Å². The van der Waals surface area contributed by atoms with Crippen LogP contribution in [0.25, 0.3) is 0 Å². The van der Waals surface area contributed by atoms with E-state index >= 15 is 0 Å². The molecule has 3 heterocycles. The summed E-state index contributed by atoms with van der Waals surface area (Å²) in [6.45, 7) is 6.61. The molecule has 1 amide bonds. The van der Waals surface area contributed by atoms with E-state index in [1.54, 1.807) is 27.8 Å². The molecule has 1 aromatic heterocycles. The average molecular weight is 375 g/mol. The number of rotatable bonds is 3. The summed E-state index contributed by atoms with van der Waals surface area (Å²) in [5.41, 5.74) is 1.72. The van der Waals surface area contributed by atoms with Crippen LogP contribution < -0.4 is 4.90 Å². The van der Waals surface area contributed by atoms with Crippen LogP contribution in [0.1, 0.15) is 30.2 Å². The summed E-state index contributed by atoms with van der Waals surface area (Å²) in [5, 5.41) is 4.34. The van der Waals surface area contributed by atoms with Gasteiger partial charge in [-0.05, 0) is 44.0 Å². The van der Waals surface area contributed by atoms with Crippen molar-refractivity contribution in [3.63, 3.8) is 0 Å². The second kappa shape index (κ2) is 5.88. The Labute approximate surface area is 152 Å². The Kier molecular flexibility index (Phi) is 3.89. The van der Waals surface area contributed by atoms with E-state index < -0.39 is 10.0 Å². The van der Waals surface area contributed by atoms with Crippen LogP contribution in [0.15, 0.2) is 23.1 Å². The minimum Gasteiger partial charge on any atom is -0.312 e. The molecule has 0 spiro atoms. The number of benzene rings is 1. The summed E-state index contributed by atoms with van der Waals surface area (Å²) in [7, 11) is -3.54. The van der Waals surface area contributed by atoms with Gasteiger partial charge in [0.2, 0.25) is 15.9 Å². The summed E-state index contributed by atoms with van der Waals surface area (Å²) in [6.07, 6.45) is 0.679. The Bertz CT molecular complexity index is 992. The zero-order valence-electron chi connectivity index (χ0n) is 15.0. The van der Waals surface area contributed by atoms with Crippen molar-refractivity contribution >= 4 is 21.6 Å². The largest absolute Gasteiger partial charge is 0.312 e. The lowest BCUT2D eigenvalue weighted by Gasteiger charge is -2.38. The van der Waals surface area contributed by atoms with E-state index in [1.807, 2.05) is 13.8 Å². The third-order valence-electron chi connectivity index (χ3n) is 5.05. The van der Waals surface area contributed by atoms with Crippen molar-refractivity contribution in [3.8, 4) is 0 Å². The molecule has 2 aromatic rings. The second-order valence-corrected chi connectivity index (χ2v) is 8.78. The van der Waals surface area contributed by atoms with Gasteiger partial charge < -0.3 is 4.90 Å². The van der Waals surface area contributed by atoms with Gasteiger partial charge in [-0.3, -0.25) is 4.79 Å². The van der Waals surface area contributed by atoms with Crippen molar-refractivity contribution < 1.29 is 13.2 Å². The average Bonchev–Trinajstić information content (AvgIpc) is 3.08. The molecule has 0 aliphatic carbocycles. The van der Waals surface area contributed by atoms with Gasteiger partial charge in [-0.1, -0.05) is 0 Å². The van der Waals surface area contributed by atoms with Crippen LogP contribution in [0.4, 0.5) is 5.69 Å². The van der Waals surface area contributed by atoms with Crippen LogP contribution in [0.2, 0.25) is 0 Å². The SMILES string of the molecule is CC(=O)N1CCc2cc(S(=O)(=O)N3CC(n4nc(C)nc4C)C3)ccc21. The van der Waals surface area contributed by atoms with Crippen molar-refractivity contribution in [2.75, 3.05) is 24.5 Å². The molecule has 26 heavy (non-hydrogen) atoms. The maximum atomic E-state index is 12.9. The molecule has 1 aromatic carbocycles. The van der Waals surface area contributed by atoms with Crippen LogP contribution in [0.5, 0.6) is 0 Å². The van der Waals surface area contributed by atoms with Crippen LogP contribution in [0.3, 0.4) is 0 Å². The Morgan fingerprint density at radius 1 is 1.23 bits per heavy atom. The first-order valence-electron chi connectivity index (χ1n) is 8.58. The van der Waals surface area contributed by atoms with E-state index in [0.29, 0.717) is 31.9 Å². The topological polar surface area (TPSA) is 88.4 Å². The highest BCUT2D eigenvalue weighted by Gasteiger charge is 2.39. The number of sulfonamides is 1. The van der Waals surface area contributed by atoms with Gasteiger partial charge in [-0.25, -0.2) is 18.1 Å². The zero-order valence-corrected chi connectivity index (χ0v) is 15.8. The zero-order chi connectivity index (χ0) is 18.6. The minimum absolute atomic E-state index is 0.0219. The lowest BCUT2D eigenvalue weighted by molar-refractivity contribution is -0.116. The molecule has 0 atom stereocenters. The smallest absolute Gasteiger partial charge is 0.243 e. The molecule has 4 rings (SSSR count). The monoisotopic (exact) mass is 375 g/mol. The van der Waals surface area contributed by atoms with Crippen LogP contribution >= 0.6 is 0 Å². The maximum absolute atomic E-state index is 12.9. The molecule has 2 aliphatic heterocycles. The van der Waals surface area contributed by atoms with Gasteiger partial charge in [0.15, 0.2) is 0 Å². The van der Waals surface area contributed by atoms with E-state index in [1.165, 1.54) is 11.2 Å². The molecule has 1 saturated heterocycles. The first kappa shape index (κ1) is 17.2. The third kappa shape index (κ3) is 2.62. The maximum Gasteiger partial charge on any atom is 0.243 e. The van der Waals surface area contributed by atoms with Gasteiger partial charge in [0.1, 0.15) is 11.6 Å². The Hall–Kier alpha value is -2.26. The number of fused-ring (bicyclic) bond motifs is 1. The van der Waals surface area contributed by atoms with Crippen LogP contribution in [-0.4, -0.2) is 53.0 Å². The number of hydrogen-bond donors (Lipinski definition) is 0. The summed E-state index contributed by atoms with van der Waals surface area (Å²) in [5.74, 6) is 1.47. The second-order valence-electron chi connectivity index (χ2n) is 6.84. The standard InChI is InChI=1S/C17H21N5O3S/c1-11-18-12(2)22(19-11)15-9-20(10-15)26(24,25)16-4-5-17-14(8-16)6-7-21(17)13(3)23/h4-5,8,15H,6-7,9-10H2,1-3H3. The van der Waals surface area contributed by atoms with Gasteiger partial charge in [-0.2, -0.15) is 9.40 Å². The number of hydrogen-bond acceptors (Lipinski definition) is 5. The van der Waals surface area contributed by atoms with Crippen LogP contribution in [0, 0.1) is 13.8 Å². The number of aryl methyl sites for hydroxylation is 2. The highest BCUT2D eigenvalue weighted by Crippen LogP contribution is 2.33. The van der Waals surface area contributed by atoms with Crippen molar-refractivity contribution in [3.05, 3.63) is 35.4 Å². The molecule has 9 heteroatoms. The molecule has 1 fully saturated rings. The summed E-state index contributed by atoms with van der Waals surface area (Å²) in [6, 6.07) is 5.05. The highest BCUT2D eigenvalue weighted by molar-refractivity contribution is 7.89. The summed E-state index contributed by atoms with van der Waals surface area (Å²) >= 11 is 0. The minimum atomic E-state index is -3.54. The lowest BCUT2D eigenvalue weighted by Crippen LogP contribution is -2.51. The normalized spacial score (nSPS) is 18.0. The van der Waals surface area contributed by atoms with Crippen LogP contribution in [-0.2, 0) is 21.2 Å². The number of aromatic nitrogens is 3. The Morgan fingerprint density at radius 3 is 2.58 bits per heavy atom. The van der Waals surface area contributed by atoms with Gasteiger partial charge in [0.25, 0.3) is 0 Å². The number of amides is 1. The van der Waals surface area contributed by atoms with Crippen molar-refractivity contribution in [2.45, 2.75) is 38.1 Å². The number of carbonyl (C=O) groups excluding carboxylic acids is 1. The van der Waals surface area contributed by atoms with Gasteiger partial charge in [-0.15, -0.1) is 0 Å². The number of nitrogens with zero attached hydrogens (tertiary/aromatic N) is 5. The van der Waals surface area contributed by atoms with E-state index in [2.05, 4.69) is 10.1 Å². The fourth-order valence-corrected chi connectivity index (χ4v) is 5.23. The quantitative estimate of drug-likeness (QED) is 0.800. The number of anilines is 1. The van der Waals surface area contributed by atoms with Crippen molar-refractivity contribution in [1.29, 1.82) is 0 Å². The molecule has 2 aliphatic rings. The van der Waals surface area contributed by atoms with Gasteiger partial charge in [0.05, 0.1) is 10.9 Å². The molecule has 138 valence electrons. The summed E-state index contributed by atoms with van der Waals surface area (Å²) in [4.78, 5) is 17.9. The van der Waals surface area contributed by atoms with Crippen molar-refractivity contribution in [2.24, 2.45) is 0 Å². The molecule has 0 saturated carbocycles. The highest BCUT2D eigenvalue weighted by atomic mass is 32.2. The molecule has 0 N–H and O–H groups in total. The first-order valence-corrected chi connectivity index (χ1v) is 10.0. The fraction of sp³-hybridized carbons (Fsp3) is 0.471. The number of carbonyl (C=O) groups is 1. The summed E-state index contributed by atoms with van der Waals surface area (Å²) < 4.78 is 29.1. The molecule has 0 unspecified atom stereocenters. The molecule has 0 bridgehead atoms. The fourth-order valence-electron chi connectivity index (χ4n) is 3.66. The molecular weight excluding hydrogens is 354 g/mol. The van der Waals surface area contributed by atoms with Gasteiger partial charge in [0, 0.05) is 32.2 Å². The predicted molar refractivity (Wildman–Crippen MR) is 95.5 cm³/mol.